The van der Waals surface area contributed by atoms with Crippen LogP contribution < -0.4 is 5.32 Å². The second-order valence-corrected chi connectivity index (χ2v) is 8.73. The molecule has 1 atom stereocenters. The van der Waals surface area contributed by atoms with E-state index in [1.54, 1.807) is 6.07 Å². The molecule has 1 heterocycles. The van der Waals surface area contributed by atoms with E-state index in [1.165, 1.54) is 30.2 Å². The average Bonchev–Trinajstić information content (AvgIpc) is 2.99. The molecule has 1 N–H and O–H groups in total. The number of carbonyl (C=O) groups excluding carboxylic acids is 2. The number of nitrogens with one attached hydrogen (secondary N) is 1. The summed E-state index contributed by atoms with van der Waals surface area (Å²) in [5.41, 5.74) is 2.37. The van der Waals surface area contributed by atoms with Gasteiger partial charge in [0.1, 0.15) is 0 Å². The van der Waals surface area contributed by atoms with Gasteiger partial charge in [-0.05, 0) is 51.0 Å². The Labute approximate surface area is 171 Å². The third kappa shape index (κ3) is 5.38. The summed E-state index contributed by atoms with van der Waals surface area (Å²) in [6.07, 6.45) is 4.45. The van der Waals surface area contributed by atoms with Crippen LogP contribution in [0.5, 0.6) is 0 Å². The Morgan fingerprint density at radius 1 is 0.964 bits per heavy atom. The Bertz CT molecular complexity index is 812. The maximum absolute atomic E-state index is 13.0. The first kappa shape index (κ1) is 20.5. The van der Waals surface area contributed by atoms with Crippen molar-refractivity contribution >= 4 is 29.3 Å². The van der Waals surface area contributed by atoms with Gasteiger partial charge in [0.15, 0.2) is 0 Å². The zero-order chi connectivity index (χ0) is 19.9. The lowest BCUT2D eigenvalue weighted by atomic mass is 10.1. The van der Waals surface area contributed by atoms with Gasteiger partial charge < -0.3 is 10.2 Å². The van der Waals surface area contributed by atoms with E-state index in [-0.39, 0.29) is 17.1 Å². The van der Waals surface area contributed by atoms with Crippen LogP contribution in [0.25, 0.3) is 0 Å². The number of hydrogen-bond donors (Lipinski definition) is 1. The summed E-state index contributed by atoms with van der Waals surface area (Å²) < 4.78 is 0. The molecule has 0 radical (unpaired) electrons. The van der Waals surface area contributed by atoms with Crippen molar-refractivity contribution in [1.82, 2.24) is 4.90 Å². The summed E-state index contributed by atoms with van der Waals surface area (Å²) in [5.74, 6) is -0.0849. The fourth-order valence-corrected chi connectivity index (χ4v) is 4.20. The van der Waals surface area contributed by atoms with E-state index in [4.69, 9.17) is 0 Å². The molecule has 0 spiro atoms. The fourth-order valence-electron chi connectivity index (χ4n) is 3.33. The van der Waals surface area contributed by atoms with Gasteiger partial charge in [-0.15, -0.1) is 11.8 Å². The molecule has 0 aromatic heterocycles. The molecule has 1 aliphatic heterocycles. The molecule has 4 nitrogen and oxygen atoms in total. The molecule has 2 aromatic rings. The number of likely N-dealkylation sites (tertiary alicyclic amines) is 1. The molecule has 148 valence electrons. The van der Waals surface area contributed by atoms with Gasteiger partial charge in [0.05, 0.1) is 16.5 Å². The van der Waals surface area contributed by atoms with E-state index in [0.29, 0.717) is 11.3 Å². The first-order valence-corrected chi connectivity index (χ1v) is 10.8. The highest BCUT2D eigenvalue weighted by molar-refractivity contribution is 8.00. The molecule has 0 unspecified atom stereocenters. The summed E-state index contributed by atoms with van der Waals surface area (Å²) >= 11 is 1.52. The molecule has 1 aliphatic rings. The monoisotopic (exact) mass is 396 g/mol. The van der Waals surface area contributed by atoms with Crippen LogP contribution in [-0.4, -0.2) is 35.1 Å². The van der Waals surface area contributed by atoms with Gasteiger partial charge in [0, 0.05) is 18.0 Å². The standard InChI is InChI=1S/C23H28N2O2S/c1-17-11-13-19(14-12-17)28-18(2)22(26)24-21-10-6-5-9-20(21)23(27)25-15-7-3-4-8-16-25/h5-6,9-14,18H,3-4,7-8,15-16H2,1-2H3,(H,24,26)/t18-/m0/s1. The number of aryl methyl sites for hydroxylation is 1. The Balaban J connectivity index is 1.68. The van der Waals surface area contributed by atoms with Crippen molar-refractivity contribution in [3.63, 3.8) is 0 Å². The summed E-state index contributed by atoms with van der Waals surface area (Å²) in [6, 6.07) is 15.5. The lowest BCUT2D eigenvalue weighted by molar-refractivity contribution is -0.115. The number of thioether (sulfide) groups is 1. The van der Waals surface area contributed by atoms with E-state index < -0.39 is 0 Å². The second kappa shape index (κ2) is 9.78. The summed E-state index contributed by atoms with van der Waals surface area (Å²) in [4.78, 5) is 28.7. The SMILES string of the molecule is Cc1ccc(S[C@@H](C)C(=O)Nc2ccccc2C(=O)N2CCCCCC2)cc1. The van der Waals surface area contributed by atoms with Crippen molar-refractivity contribution in [2.75, 3.05) is 18.4 Å². The first-order chi connectivity index (χ1) is 13.5. The Kier molecular flexibility index (Phi) is 7.15. The van der Waals surface area contributed by atoms with Crippen molar-refractivity contribution in [2.24, 2.45) is 0 Å². The summed E-state index contributed by atoms with van der Waals surface area (Å²) in [5, 5.41) is 2.71. The third-order valence-corrected chi connectivity index (χ3v) is 6.12. The van der Waals surface area contributed by atoms with Crippen molar-refractivity contribution in [2.45, 2.75) is 49.7 Å². The Hall–Kier alpha value is -2.27. The molecular formula is C23H28N2O2S. The molecule has 28 heavy (non-hydrogen) atoms. The highest BCUT2D eigenvalue weighted by Gasteiger charge is 2.22. The lowest BCUT2D eigenvalue weighted by Crippen LogP contribution is -2.33. The summed E-state index contributed by atoms with van der Waals surface area (Å²) in [6.45, 7) is 5.52. The first-order valence-electron chi connectivity index (χ1n) is 9.97. The van der Waals surface area contributed by atoms with Crippen molar-refractivity contribution in [1.29, 1.82) is 0 Å². The Morgan fingerprint density at radius 3 is 2.29 bits per heavy atom. The van der Waals surface area contributed by atoms with Crippen LogP contribution in [0.4, 0.5) is 5.69 Å². The molecule has 1 saturated heterocycles. The molecule has 1 fully saturated rings. The van der Waals surface area contributed by atoms with Gasteiger partial charge in [-0.2, -0.15) is 0 Å². The van der Waals surface area contributed by atoms with Gasteiger partial charge in [0.2, 0.25) is 5.91 Å². The number of carbonyl (C=O) groups is 2. The van der Waals surface area contributed by atoms with E-state index in [0.717, 1.165) is 30.8 Å². The van der Waals surface area contributed by atoms with Gasteiger partial charge in [-0.3, -0.25) is 9.59 Å². The number of rotatable bonds is 5. The van der Waals surface area contributed by atoms with Crippen LogP contribution in [0, 0.1) is 6.92 Å². The maximum atomic E-state index is 13.0. The number of nitrogens with zero attached hydrogens (tertiary/aromatic N) is 1. The zero-order valence-electron chi connectivity index (χ0n) is 16.6. The highest BCUT2D eigenvalue weighted by atomic mass is 32.2. The number of para-hydroxylation sites is 1. The molecule has 5 heteroatoms. The van der Waals surface area contributed by atoms with Crippen molar-refractivity contribution in [3.05, 3.63) is 59.7 Å². The summed E-state index contributed by atoms with van der Waals surface area (Å²) in [7, 11) is 0. The van der Waals surface area contributed by atoms with Crippen LogP contribution >= 0.6 is 11.8 Å². The van der Waals surface area contributed by atoms with E-state index in [1.807, 2.05) is 61.2 Å². The quantitative estimate of drug-likeness (QED) is 0.713. The van der Waals surface area contributed by atoms with Gasteiger partial charge in [-0.25, -0.2) is 0 Å². The normalized spacial score (nSPS) is 15.6. The molecular weight excluding hydrogens is 368 g/mol. The van der Waals surface area contributed by atoms with Crippen LogP contribution in [0.1, 0.15) is 48.5 Å². The molecule has 2 amide bonds. The van der Waals surface area contributed by atoms with Gasteiger partial charge >= 0.3 is 0 Å². The topological polar surface area (TPSA) is 49.4 Å². The number of benzene rings is 2. The Morgan fingerprint density at radius 2 is 1.61 bits per heavy atom. The molecule has 0 saturated carbocycles. The predicted octanol–water partition coefficient (Wildman–Crippen LogP) is 5.13. The fraction of sp³-hybridized carbons (Fsp3) is 0.391. The molecule has 0 aliphatic carbocycles. The second-order valence-electron chi connectivity index (χ2n) is 7.31. The minimum absolute atomic E-state index is 0.0108. The van der Waals surface area contributed by atoms with Gasteiger partial charge in [-0.1, -0.05) is 42.7 Å². The number of anilines is 1. The predicted molar refractivity (Wildman–Crippen MR) is 116 cm³/mol. The van der Waals surface area contributed by atoms with E-state index >= 15 is 0 Å². The van der Waals surface area contributed by atoms with Crippen molar-refractivity contribution < 1.29 is 9.59 Å². The van der Waals surface area contributed by atoms with Crippen molar-refractivity contribution in [3.8, 4) is 0 Å². The van der Waals surface area contributed by atoms with Gasteiger partial charge in [0.25, 0.3) is 5.91 Å². The zero-order valence-corrected chi connectivity index (χ0v) is 17.4. The van der Waals surface area contributed by atoms with E-state index in [2.05, 4.69) is 5.32 Å². The average molecular weight is 397 g/mol. The van der Waals surface area contributed by atoms with Crippen LogP contribution in [0.2, 0.25) is 0 Å². The number of amides is 2. The minimum Gasteiger partial charge on any atom is -0.339 e. The third-order valence-electron chi connectivity index (χ3n) is 5.01. The minimum atomic E-state index is -0.260. The smallest absolute Gasteiger partial charge is 0.255 e. The highest BCUT2D eigenvalue weighted by Crippen LogP contribution is 2.26. The molecule has 3 rings (SSSR count). The van der Waals surface area contributed by atoms with E-state index in [9.17, 15) is 9.59 Å². The molecule has 2 aromatic carbocycles. The lowest BCUT2D eigenvalue weighted by Gasteiger charge is -2.22. The van der Waals surface area contributed by atoms with Crippen LogP contribution in [0.15, 0.2) is 53.4 Å². The molecule has 0 bridgehead atoms. The maximum Gasteiger partial charge on any atom is 0.255 e. The van der Waals surface area contributed by atoms with Crippen LogP contribution in [-0.2, 0) is 4.79 Å². The van der Waals surface area contributed by atoms with Crippen LogP contribution in [0.3, 0.4) is 0 Å². The largest absolute Gasteiger partial charge is 0.339 e. The number of hydrogen-bond acceptors (Lipinski definition) is 3.